The second-order valence-electron chi connectivity index (χ2n) is 5.74. The largest absolute Gasteiger partial charge is 0.472 e. The molecule has 0 aromatic heterocycles. The van der Waals surface area contributed by atoms with Gasteiger partial charge >= 0.3 is 19.8 Å². The molecule has 0 fully saturated rings. The molecule has 0 amide bonds. The molecule has 9 nitrogen and oxygen atoms in total. The number of phosphoric ester groups is 1. The normalized spacial score (nSPS) is 13.9. The first-order chi connectivity index (χ1) is 13.9. The van der Waals surface area contributed by atoms with Crippen LogP contribution in [0.4, 0.5) is 0 Å². The van der Waals surface area contributed by atoms with Gasteiger partial charge in [-0.15, -0.1) is 0 Å². The molecule has 0 radical (unpaired) electrons. The van der Waals surface area contributed by atoms with E-state index in [1.807, 2.05) is 0 Å². The molecule has 0 aliphatic carbocycles. The summed E-state index contributed by atoms with van der Waals surface area (Å²) in [5, 5.41) is 0. The lowest BCUT2D eigenvalue weighted by Gasteiger charge is -2.19. The average molecular weight is 423 g/mol. The Morgan fingerprint density at radius 1 is 0.897 bits per heavy atom. The number of nitrogens with two attached hydrogens (primary N) is 1. The Labute approximate surface area is 168 Å². The molecule has 10 heteroatoms. The first kappa shape index (κ1) is 22.7. The van der Waals surface area contributed by atoms with Crippen LogP contribution in [-0.2, 0) is 23.1 Å². The lowest BCUT2D eigenvalue weighted by atomic mass is 10.2. The molecule has 0 bridgehead atoms. The van der Waals surface area contributed by atoms with Crippen molar-refractivity contribution in [1.82, 2.24) is 0 Å². The first-order valence-electron chi connectivity index (χ1n) is 8.71. The number of benzene rings is 2. The predicted molar refractivity (Wildman–Crippen MR) is 103 cm³/mol. The van der Waals surface area contributed by atoms with Gasteiger partial charge in [-0.2, -0.15) is 0 Å². The quantitative estimate of drug-likeness (QED) is 0.412. The fourth-order valence-corrected chi connectivity index (χ4v) is 2.88. The highest BCUT2D eigenvalue weighted by Gasteiger charge is 2.26. The van der Waals surface area contributed by atoms with Gasteiger partial charge in [-0.1, -0.05) is 36.4 Å². The zero-order valence-corrected chi connectivity index (χ0v) is 16.4. The summed E-state index contributed by atoms with van der Waals surface area (Å²) < 4.78 is 31.7. The van der Waals surface area contributed by atoms with Crippen molar-refractivity contribution < 1.29 is 37.6 Å². The Hall–Kier alpha value is -2.55. The highest BCUT2D eigenvalue weighted by molar-refractivity contribution is 7.47. The van der Waals surface area contributed by atoms with Crippen LogP contribution in [0.15, 0.2) is 60.7 Å². The lowest BCUT2D eigenvalue weighted by molar-refractivity contribution is -0.0181. The molecule has 2 atom stereocenters. The Morgan fingerprint density at radius 3 is 2.00 bits per heavy atom. The predicted octanol–water partition coefficient (Wildman–Crippen LogP) is 2.16. The van der Waals surface area contributed by atoms with E-state index in [2.05, 4.69) is 4.52 Å². The summed E-state index contributed by atoms with van der Waals surface area (Å²) >= 11 is 0. The van der Waals surface area contributed by atoms with Crippen LogP contribution in [0, 0.1) is 0 Å². The van der Waals surface area contributed by atoms with Crippen LogP contribution >= 0.6 is 7.82 Å². The van der Waals surface area contributed by atoms with Gasteiger partial charge in [-0.3, -0.25) is 9.05 Å². The molecule has 0 saturated heterocycles. The zero-order valence-electron chi connectivity index (χ0n) is 15.5. The molecule has 156 valence electrons. The summed E-state index contributed by atoms with van der Waals surface area (Å²) in [7, 11) is -4.40. The van der Waals surface area contributed by atoms with Gasteiger partial charge in [0.1, 0.15) is 6.61 Å². The fourth-order valence-electron chi connectivity index (χ4n) is 2.12. The van der Waals surface area contributed by atoms with E-state index in [9.17, 15) is 19.0 Å². The highest BCUT2D eigenvalue weighted by atomic mass is 31.2. The molecule has 3 N–H and O–H groups in total. The standard InChI is InChI=1S/C19H22NO8P/c20-11-12-26-29(23,24)27-14-17(28-19(22)16-9-5-2-6-10-16)13-25-18(21)15-7-3-1-4-8-15/h1-10,17H,11-14,20H2,(H,23,24)/t17-/m1/s1. The molecule has 0 spiro atoms. The van der Waals surface area contributed by atoms with Crippen molar-refractivity contribution in [3.63, 3.8) is 0 Å². The summed E-state index contributed by atoms with van der Waals surface area (Å²) in [4.78, 5) is 34.0. The topological polar surface area (TPSA) is 134 Å². The molecule has 0 aliphatic rings. The van der Waals surface area contributed by atoms with E-state index in [4.69, 9.17) is 19.7 Å². The van der Waals surface area contributed by atoms with E-state index in [-0.39, 0.29) is 25.3 Å². The molecule has 2 aromatic carbocycles. The summed E-state index contributed by atoms with van der Waals surface area (Å²) in [5.74, 6) is -1.34. The minimum Gasteiger partial charge on any atom is -0.458 e. The van der Waals surface area contributed by atoms with Gasteiger partial charge in [0.25, 0.3) is 0 Å². The van der Waals surface area contributed by atoms with Gasteiger partial charge in [0.2, 0.25) is 0 Å². The van der Waals surface area contributed by atoms with Crippen molar-refractivity contribution in [3.05, 3.63) is 71.8 Å². The fraction of sp³-hybridized carbons (Fsp3) is 0.263. The Bertz CT molecular complexity index is 831. The van der Waals surface area contributed by atoms with Crippen LogP contribution < -0.4 is 5.73 Å². The van der Waals surface area contributed by atoms with Crippen LogP contribution in [0.25, 0.3) is 0 Å². The number of hydrogen-bond donors (Lipinski definition) is 2. The molecular formula is C19H22NO8P. The van der Waals surface area contributed by atoms with E-state index >= 15 is 0 Å². The summed E-state index contributed by atoms with van der Waals surface area (Å²) in [6.45, 7) is -1.08. The number of esters is 2. The Balaban J connectivity index is 2.00. The average Bonchev–Trinajstić information content (AvgIpc) is 2.75. The van der Waals surface area contributed by atoms with Crippen molar-refractivity contribution in [3.8, 4) is 0 Å². The SMILES string of the molecule is NCCOP(=O)(O)OC[C@@H](COC(=O)c1ccccc1)OC(=O)c1ccccc1. The Kier molecular flexibility index (Phi) is 8.98. The van der Waals surface area contributed by atoms with E-state index in [1.165, 1.54) is 12.1 Å². The Morgan fingerprint density at radius 2 is 1.45 bits per heavy atom. The maximum atomic E-state index is 12.3. The van der Waals surface area contributed by atoms with Gasteiger partial charge in [0.15, 0.2) is 6.10 Å². The molecule has 29 heavy (non-hydrogen) atoms. The first-order valence-corrected chi connectivity index (χ1v) is 10.2. The number of carbonyl (C=O) groups excluding carboxylic acids is 2. The zero-order chi connectivity index (χ0) is 21.1. The minimum atomic E-state index is -4.40. The van der Waals surface area contributed by atoms with E-state index in [0.29, 0.717) is 5.56 Å². The number of ether oxygens (including phenoxy) is 2. The van der Waals surface area contributed by atoms with Crippen LogP contribution in [0.3, 0.4) is 0 Å². The molecule has 1 unspecified atom stereocenters. The monoisotopic (exact) mass is 423 g/mol. The van der Waals surface area contributed by atoms with Gasteiger partial charge in [-0.25, -0.2) is 14.2 Å². The van der Waals surface area contributed by atoms with Gasteiger partial charge in [0.05, 0.1) is 24.3 Å². The van der Waals surface area contributed by atoms with Crippen molar-refractivity contribution in [1.29, 1.82) is 0 Å². The second-order valence-corrected chi connectivity index (χ2v) is 7.20. The van der Waals surface area contributed by atoms with E-state index in [0.717, 1.165) is 0 Å². The van der Waals surface area contributed by atoms with Crippen LogP contribution in [-0.4, -0.2) is 49.3 Å². The van der Waals surface area contributed by atoms with E-state index < -0.39 is 32.5 Å². The highest BCUT2D eigenvalue weighted by Crippen LogP contribution is 2.43. The molecule has 0 heterocycles. The maximum absolute atomic E-state index is 12.3. The smallest absolute Gasteiger partial charge is 0.458 e. The summed E-state index contributed by atoms with van der Waals surface area (Å²) in [6, 6.07) is 16.3. The summed E-state index contributed by atoms with van der Waals surface area (Å²) in [6.07, 6.45) is -1.14. The third-order valence-electron chi connectivity index (χ3n) is 3.49. The number of phosphoric acid groups is 1. The van der Waals surface area contributed by atoms with Crippen LogP contribution in [0.1, 0.15) is 20.7 Å². The van der Waals surface area contributed by atoms with Crippen molar-refractivity contribution in [2.75, 3.05) is 26.4 Å². The van der Waals surface area contributed by atoms with Crippen molar-refractivity contribution >= 4 is 19.8 Å². The molecule has 0 saturated carbocycles. The molecule has 0 aliphatic heterocycles. The molecule has 2 aromatic rings. The maximum Gasteiger partial charge on any atom is 0.472 e. The van der Waals surface area contributed by atoms with Gasteiger partial charge < -0.3 is 20.1 Å². The van der Waals surface area contributed by atoms with Crippen LogP contribution in [0.2, 0.25) is 0 Å². The van der Waals surface area contributed by atoms with Crippen LogP contribution in [0.5, 0.6) is 0 Å². The van der Waals surface area contributed by atoms with Gasteiger partial charge in [-0.05, 0) is 24.3 Å². The van der Waals surface area contributed by atoms with Crippen molar-refractivity contribution in [2.45, 2.75) is 6.10 Å². The van der Waals surface area contributed by atoms with Crippen molar-refractivity contribution in [2.24, 2.45) is 5.73 Å². The lowest BCUT2D eigenvalue weighted by Crippen LogP contribution is -2.29. The third-order valence-corrected chi connectivity index (χ3v) is 4.47. The molecular weight excluding hydrogens is 401 g/mol. The number of rotatable bonds is 11. The second kappa shape index (κ2) is 11.5. The number of carbonyl (C=O) groups is 2. The van der Waals surface area contributed by atoms with Gasteiger partial charge in [0, 0.05) is 6.54 Å². The summed E-state index contributed by atoms with van der Waals surface area (Å²) in [5.41, 5.74) is 5.79. The molecule has 2 rings (SSSR count). The number of hydrogen-bond acceptors (Lipinski definition) is 8. The van der Waals surface area contributed by atoms with E-state index in [1.54, 1.807) is 48.5 Å². The minimum absolute atomic E-state index is 0.0228. The third kappa shape index (κ3) is 8.15.